The third-order valence-corrected chi connectivity index (χ3v) is 5.21. The number of nitrogens with zero attached hydrogens (tertiary/aromatic N) is 1. The van der Waals surface area contributed by atoms with Crippen molar-refractivity contribution in [3.63, 3.8) is 0 Å². The highest BCUT2D eigenvalue weighted by Crippen LogP contribution is 2.24. The van der Waals surface area contributed by atoms with Gasteiger partial charge in [0.1, 0.15) is 0 Å². The van der Waals surface area contributed by atoms with Crippen LogP contribution in [0.5, 0.6) is 0 Å². The van der Waals surface area contributed by atoms with E-state index in [9.17, 15) is 0 Å². The zero-order valence-corrected chi connectivity index (χ0v) is 13.9. The molecule has 2 fully saturated rings. The summed E-state index contributed by atoms with van der Waals surface area (Å²) in [6, 6.07) is 1.59. The van der Waals surface area contributed by atoms with E-state index < -0.39 is 0 Å². The molecule has 1 heterocycles. The monoisotopic (exact) mass is 280 g/mol. The Bertz CT molecular complexity index is 248. The third-order valence-electron chi connectivity index (χ3n) is 5.21. The molecule has 1 aliphatic carbocycles. The smallest absolute Gasteiger partial charge is 0.0200 e. The second-order valence-electron chi connectivity index (χ2n) is 7.20. The second kappa shape index (κ2) is 9.04. The lowest BCUT2D eigenvalue weighted by Gasteiger charge is -2.40. The first-order chi connectivity index (χ1) is 9.81. The van der Waals surface area contributed by atoms with Gasteiger partial charge in [0.25, 0.3) is 0 Å². The largest absolute Gasteiger partial charge is 0.310 e. The molecule has 20 heavy (non-hydrogen) atoms. The summed E-state index contributed by atoms with van der Waals surface area (Å²) in [6.07, 6.45) is 14.1. The number of piperidine rings is 1. The molecule has 2 unspecified atom stereocenters. The standard InChI is InChI=1S/C18H36N2/c1-3-5-12-20-14-16(9-4-2)13-18(15-20)19-17-10-7-6-8-11-17/h16-19H,3-15H2,1-2H3. The van der Waals surface area contributed by atoms with Crippen molar-refractivity contribution in [2.75, 3.05) is 19.6 Å². The molecular formula is C18H36N2. The molecule has 1 aliphatic heterocycles. The van der Waals surface area contributed by atoms with Gasteiger partial charge in [0.2, 0.25) is 0 Å². The zero-order valence-electron chi connectivity index (χ0n) is 13.9. The molecule has 2 heteroatoms. The fourth-order valence-electron chi connectivity index (χ4n) is 4.21. The molecule has 2 atom stereocenters. The van der Waals surface area contributed by atoms with Crippen LogP contribution in [-0.4, -0.2) is 36.6 Å². The number of hydrogen-bond donors (Lipinski definition) is 1. The van der Waals surface area contributed by atoms with E-state index in [0.717, 1.165) is 18.0 Å². The maximum absolute atomic E-state index is 4.01. The second-order valence-corrected chi connectivity index (χ2v) is 7.20. The maximum Gasteiger partial charge on any atom is 0.0200 e. The van der Waals surface area contributed by atoms with Gasteiger partial charge in [-0.25, -0.2) is 0 Å². The van der Waals surface area contributed by atoms with E-state index in [1.807, 2.05) is 0 Å². The molecule has 118 valence electrons. The topological polar surface area (TPSA) is 15.3 Å². The third kappa shape index (κ3) is 5.37. The molecule has 2 rings (SSSR count). The molecule has 1 saturated carbocycles. The highest BCUT2D eigenvalue weighted by Gasteiger charge is 2.28. The van der Waals surface area contributed by atoms with Gasteiger partial charge in [-0.1, -0.05) is 46.0 Å². The van der Waals surface area contributed by atoms with Crippen LogP contribution in [0.2, 0.25) is 0 Å². The van der Waals surface area contributed by atoms with E-state index in [1.54, 1.807) is 0 Å². The van der Waals surface area contributed by atoms with Gasteiger partial charge in [-0.2, -0.15) is 0 Å². The molecule has 0 amide bonds. The van der Waals surface area contributed by atoms with Gasteiger partial charge in [-0.3, -0.25) is 0 Å². The summed E-state index contributed by atoms with van der Waals surface area (Å²) in [7, 11) is 0. The molecule has 0 bridgehead atoms. The summed E-state index contributed by atoms with van der Waals surface area (Å²) in [5.41, 5.74) is 0. The van der Waals surface area contributed by atoms with Crippen LogP contribution in [-0.2, 0) is 0 Å². The van der Waals surface area contributed by atoms with Gasteiger partial charge in [-0.15, -0.1) is 0 Å². The lowest BCUT2D eigenvalue weighted by Crippen LogP contribution is -2.52. The van der Waals surface area contributed by atoms with Crippen molar-refractivity contribution in [1.82, 2.24) is 10.2 Å². The summed E-state index contributed by atoms with van der Waals surface area (Å²) in [6.45, 7) is 8.63. The van der Waals surface area contributed by atoms with Gasteiger partial charge in [0, 0.05) is 25.2 Å². The summed E-state index contributed by atoms with van der Waals surface area (Å²) in [5, 5.41) is 4.01. The molecular weight excluding hydrogens is 244 g/mol. The molecule has 2 aliphatic rings. The number of unbranched alkanes of at least 4 members (excludes halogenated alkanes) is 1. The Labute approximate surface area is 126 Å². The predicted molar refractivity (Wildman–Crippen MR) is 88.2 cm³/mol. The van der Waals surface area contributed by atoms with Gasteiger partial charge in [0.05, 0.1) is 0 Å². The first kappa shape index (κ1) is 16.3. The van der Waals surface area contributed by atoms with Crippen molar-refractivity contribution >= 4 is 0 Å². The minimum Gasteiger partial charge on any atom is -0.310 e. The molecule has 1 saturated heterocycles. The highest BCUT2D eigenvalue weighted by molar-refractivity contribution is 4.86. The quantitative estimate of drug-likeness (QED) is 0.752. The molecule has 0 radical (unpaired) electrons. The average Bonchev–Trinajstić information content (AvgIpc) is 2.46. The Morgan fingerprint density at radius 3 is 2.45 bits per heavy atom. The SMILES string of the molecule is CCCCN1CC(CCC)CC(NC2CCCCC2)C1. The first-order valence-electron chi connectivity index (χ1n) is 9.30. The highest BCUT2D eigenvalue weighted by atomic mass is 15.2. The predicted octanol–water partition coefficient (Wildman–Crippen LogP) is 4.20. The Balaban J connectivity index is 1.81. The van der Waals surface area contributed by atoms with E-state index >= 15 is 0 Å². The molecule has 0 aromatic rings. The van der Waals surface area contributed by atoms with Crippen LogP contribution < -0.4 is 5.32 Å². The minimum absolute atomic E-state index is 0.764. The molecule has 0 aromatic carbocycles. The molecule has 0 aromatic heterocycles. The maximum atomic E-state index is 4.01. The van der Waals surface area contributed by atoms with E-state index in [4.69, 9.17) is 0 Å². The van der Waals surface area contributed by atoms with Crippen LogP contribution in [0, 0.1) is 5.92 Å². The number of rotatable bonds is 7. The Hall–Kier alpha value is -0.0800. The summed E-state index contributed by atoms with van der Waals surface area (Å²) in [4.78, 5) is 2.74. The molecule has 1 N–H and O–H groups in total. The number of nitrogens with one attached hydrogen (secondary N) is 1. The average molecular weight is 280 g/mol. The summed E-state index contributed by atoms with van der Waals surface area (Å²) >= 11 is 0. The molecule has 2 nitrogen and oxygen atoms in total. The van der Waals surface area contributed by atoms with Gasteiger partial charge in [0.15, 0.2) is 0 Å². The van der Waals surface area contributed by atoms with Crippen molar-refractivity contribution in [1.29, 1.82) is 0 Å². The minimum atomic E-state index is 0.764. The van der Waals surface area contributed by atoms with Crippen molar-refractivity contribution in [3.8, 4) is 0 Å². The van der Waals surface area contributed by atoms with E-state index in [1.165, 1.54) is 83.8 Å². The Morgan fingerprint density at radius 2 is 1.75 bits per heavy atom. The van der Waals surface area contributed by atoms with Crippen LogP contribution in [0.1, 0.15) is 78.1 Å². The van der Waals surface area contributed by atoms with E-state index in [0.29, 0.717) is 0 Å². The van der Waals surface area contributed by atoms with Crippen LogP contribution in [0.3, 0.4) is 0 Å². The van der Waals surface area contributed by atoms with Crippen molar-refractivity contribution in [3.05, 3.63) is 0 Å². The normalized spacial score (nSPS) is 29.7. The van der Waals surface area contributed by atoms with Crippen LogP contribution in [0.25, 0.3) is 0 Å². The summed E-state index contributed by atoms with van der Waals surface area (Å²) < 4.78 is 0. The van der Waals surface area contributed by atoms with Crippen molar-refractivity contribution in [2.24, 2.45) is 5.92 Å². The summed E-state index contributed by atoms with van der Waals surface area (Å²) in [5.74, 6) is 0.937. The van der Waals surface area contributed by atoms with Crippen LogP contribution in [0.4, 0.5) is 0 Å². The van der Waals surface area contributed by atoms with Crippen LogP contribution >= 0.6 is 0 Å². The number of likely N-dealkylation sites (tertiary alicyclic amines) is 1. The molecule has 0 spiro atoms. The van der Waals surface area contributed by atoms with E-state index in [2.05, 4.69) is 24.1 Å². The van der Waals surface area contributed by atoms with Crippen molar-refractivity contribution < 1.29 is 0 Å². The Morgan fingerprint density at radius 1 is 0.950 bits per heavy atom. The lowest BCUT2D eigenvalue weighted by atomic mass is 9.88. The van der Waals surface area contributed by atoms with Gasteiger partial charge < -0.3 is 10.2 Å². The zero-order chi connectivity index (χ0) is 14.2. The van der Waals surface area contributed by atoms with Crippen molar-refractivity contribution in [2.45, 2.75) is 90.1 Å². The fraction of sp³-hybridized carbons (Fsp3) is 1.00. The number of hydrogen-bond acceptors (Lipinski definition) is 2. The van der Waals surface area contributed by atoms with E-state index in [-0.39, 0.29) is 0 Å². The van der Waals surface area contributed by atoms with Gasteiger partial charge >= 0.3 is 0 Å². The van der Waals surface area contributed by atoms with Crippen LogP contribution in [0.15, 0.2) is 0 Å². The van der Waals surface area contributed by atoms with Gasteiger partial charge in [-0.05, 0) is 44.6 Å². The fourth-order valence-corrected chi connectivity index (χ4v) is 4.21. The Kier molecular flexibility index (Phi) is 7.37. The first-order valence-corrected chi connectivity index (χ1v) is 9.30. The lowest BCUT2D eigenvalue weighted by molar-refractivity contribution is 0.124.